The average Bonchev–Trinajstić information content (AvgIpc) is 2.82. The summed E-state index contributed by atoms with van der Waals surface area (Å²) in [5.74, 6) is -0.325. The molecule has 0 unspecified atom stereocenters. The Balaban J connectivity index is 2.03. The Labute approximate surface area is 116 Å². The third-order valence-corrected chi connectivity index (χ3v) is 3.05. The zero-order chi connectivity index (χ0) is 13.7. The molecule has 0 spiro atoms. The molecule has 102 valence electrons. The van der Waals surface area contributed by atoms with Crippen LogP contribution in [0, 0.1) is 5.82 Å². The minimum absolute atomic E-state index is 0.284. The SMILES string of the molecule is CCCNCc1cn(Cc2c(F)cccc2Cl)nn1. The largest absolute Gasteiger partial charge is 0.311 e. The Bertz CT molecular complexity index is 521. The maximum atomic E-state index is 13.6. The monoisotopic (exact) mass is 282 g/mol. The van der Waals surface area contributed by atoms with E-state index in [1.54, 1.807) is 23.0 Å². The van der Waals surface area contributed by atoms with Gasteiger partial charge in [0, 0.05) is 17.1 Å². The van der Waals surface area contributed by atoms with E-state index in [2.05, 4.69) is 22.6 Å². The van der Waals surface area contributed by atoms with E-state index < -0.39 is 0 Å². The minimum Gasteiger partial charge on any atom is -0.311 e. The van der Waals surface area contributed by atoms with Crippen LogP contribution >= 0.6 is 11.6 Å². The van der Waals surface area contributed by atoms with Gasteiger partial charge in [-0.2, -0.15) is 0 Å². The van der Waals surface area contributed by atoms with Crippen molar-refractivity contribution in [3.05, 3.63) is 46.5 Å². The topological polar surface area (TPSA) is 42.7 Å². The first-order valence-corrected chi connectivity index (χ1v) is 6.61. The van der Waals surface area contributed by atoms with Crippen LogP contribution in [0.2, 0.25) is 5.02 Å². The molecule has 0 fully saturated rings. The van der Waals surface area contributed by atoms with Crippen molar-refractivity contribution in [2.75, 3.05) is 6.54 Å². The molecule has 2 aromatic rings. The van der Waals surface area contributed by atoms with Crippen LogP contribution in [0.25, 0.3) is 0 Å². The van der Waals surface area contributed by atoms with Gasteiger partial charge in [0.05, 0.1) is 18.4 Å². The summed E-state index contributed by atoms with van der Waals surface area (Å²) in [5.41, 5.74) is 1.27. The van der Waals surface area contributed by atoms with Crippen molar-refractivity contribution in [2.45, 2.75) is 26.4 Å². The van der Waals surface area contributed by atoms with Crippen molar-refractivity contribution in [1.29, 1.82) is 0 Å². The molecule has 0 saturated heterocycles. The van der Waals surface area contributed by atoms with Gasteiger partial charge in [-0.25, -0.2) is 9.07 Å². The lowest BCUT2D eigenvalue weighted by molar-refractivity contribution is 0.577. The van der Waals surface area contributed by atoms with Crippen molar-refractivity contribution in [2.24, 2.45) is 0 Å². The lowest BCUT2D eigenvalue weighted by Gasteiger charge is -2.04. The molecule has 19 heavy (non-hydrogen) atoms. The van der Waals surface area contributed by atoms with Crippen molar-refractivity contribution in [1.82, 2.24) is 20.3 Å². The molecule has 0 atom stereocenters. The second kappa shape index (κ2) is 6.63. The highest BCUT2D eigenvalue weighted by Gasteiger charge is 2.09. The number of benzene rings is 1. The zero-order valence-electron chi connectivity index (χ0n) is 10.7. The van der Waals surface area contributed by atoms with Gasteiger partial charge in [-0.05, 0) is 25.1 Å². The molecule has 4 nitrogen and oxygen atoms in total. The Morgan fingerprint density at radius 3 is 3.00 bits per heavy atom. The predicted octanol–water partition coefficient (Wildman–Crippen LogP) is 2.62. The van der Waals surface area contributed by atoms with Gasteiger partial charge in [-0.3, -0.25) is 0 Å². The number of aromatic nitrogens is 3. The van der Waals surface area contributed by atoms with Crippen LogP contribution in [0.5, 0.6) is 0 Å². The number of rotatable bonds is 6. The summed E-state index contributed by atoms with van der Waals surface area (Å²) in [4.78, 5) is 0. The standard InChI is InChI=1S/C13H16ClFN4/c1-2-6-16-7-10-8-19(18-17-10)9-11-12(14)4-3-5-13(11)15/h3-5,8,16H,2,6-7,9H2,1H3. The Kier molecular flexibility index (Phi) is 4.87. The molecule has 0 aliphatic carbocycles. The Morgan fingerprint density at radius 1 is 1.42 bits per heavy atom. The van der Waals surface area contributed by atoms with E-state index in [0.29, 0.717) is 17.1 Å². The normalized spacial score (nSPS) is 10.9. The van der Waals surface area contributed by atoms with Crippen molar-refractivity contribution in [3.8, 4) is 0 Å². The molecule has 0 amide bonds. The van der Waals surface area contributed by atoms with Gasteiger partial charge in [-0.15, -0.1) is 5.10 Å². The average molecular weight is 283 g/mol. The number of nitrogens with zero attached hydrogens (tertiary/aromatic N) is 3. The highest BCUT2D eigenvalue weighted by atomic mass is 35.5. The molecule has 1 aromatic heterocycles. The maximum absolute atomic E-state index is 13.6. The van der Waals surface area contributed by atoms with E-state index in [9.17, 15) is 4.39 Å². The molecule has 1 N–H and O–H groups in total. The van der Waals surface area contributed by atoms with Crippen LogP contribution in [0.3, 0.4) is 0 Å². The molecule has 0 saturated carbocycles. The number of nitrogens with one attached hydrogen (secondary N) is 1. The van der Waals surface area contributed by atoms with Crippen LogP contribution in [0.1, 0.15) is 24.6 Å². The molecule has 0 bridgehead atoms. The van der Waals surface area contributed by atoms with Crippen LogP contribution in [0.4, 0.5) is 4.39 Å². The minimum atomic E-state index is -0.325. The van der Waals surface area contributed by atoms with Gasteiger partial charge >= 0.3 is 0 Å². The summed E-state index contributed by atoms with van der Waals surface area (Å²) < 4.78 is 15.2. The summed E-state index contributed by atoms with van der Waals surface area (Å²) in [6, 6.07) is 4.64. The van der Waals surface area contributed by atoms with Crippen LogP contribution in [-0.4, -0.2) is 21.5 Å². The van der Waals surface area contributed by atoms with E-state index in [-0.39, 0.29) is 12.4 Å². The number of hydrogen-bond donors (Lipinski definition) is 1. The Hall–Kier alpha value is -1.46. The first kappa shape index (κ1) is 14.0. The van der Waals surface area contributed by atoms with Crippen LogP contribution in [-0.2, 0) is 13.1 Å². The smallest absolute Gasteiger partial charge is 0.129 e. The lowest BCUT2D eigenvalue weighted by atomic mass is 10.2. The van der Waals surface area contributed by atoms with E-state index in [4.69, 9.17) is 11.6 Å². The first-order chi connectivity index (χ1) is 9.20. The molecule has 0 aliphatic rings. The molecular formula is C13H16ClFN4. The molecule has 1 heterocycles. The lowest BCUT2D eigenvalue weighted by Crippen LogP contribution is -2.13. The molecule has 1 aromatic carbocycles. The third kappa shape index (κ3) is 3.75. The van der Waals surface area contributed by atoms with E-state index in [0.717, 1.165) is 18.7 Å². The van der Waals surface area contributed by atoms with Crippen molar-refractivity contribution in [3.63, 3.8) is 0 Å². The van der Waals surface area contributed by atoms with Gasteiger partial charge < -0.3 is 5.32 Å². The van der Waals surface area contributed by atoms with Gasteiger partial charge in [0.15, 0.2) is 0 Å². The maximum Gasteiger partial charge on any atom is 0.129 e. The Morgan fingerprint density at radius 2 is 2.26 bits per heavy atom. The van der Waals surface area contributed by atoms with Crippen molar-refractivity contribution >= 4 is 11.6 Å². The highest BCUT2D eigenvalue weighted by molar-refractivity contribution is 6.31. The summed E-state index contributed by atoms with van der Waals surface area (Å²) in [5, 5.41) is 11.6. The second-order valence-corrected chi connectivity index (χ2v) is 4.69. The third-order valence-electron chi connectivity index (χ3n) is 2.70. The van der Waals surface area contributed by atoms with E-state index in [1.807, 2.05) is 0 Å². The van der Waals surface area contributed by atoms with Gasteiger partial charge in [0.25, 0.3) is 0 Å². The molecule has 6 heteroatoms. The highest BCUT2D eigenvalue weighted by Crippen LogP contribution is 2.19. The molecular weight excluding hydrogens is 267 g/mol. The van der Waals surface area contributed by atoms with E-state index >= 15 is 0 Å². The quantitative estimate of drug-likeness (QED) is 0.828. The van der Waals surface area contributed by atoms with Crippen molar-refractivity contribution < 1.29 is 4.39 Å². The van der Waals surface area contributed by atoms with Gasteiger partial charge in [-0.1, -0.05) is 29.8 Å². The first-order valence-electron chi connectivity index (χ1n) is 6.23. The van der Waals surface area contributed by atoms with Gasteiger partial charge in [0.2, 0.25) is 0 Å². The molecule has 0 radical (unpaired) electrons. The fourth-order valence-corrected chi connectivity index (χ4v) is 1.96. The van der Waals surface area contributed by atoms with E-state index in [1.165, 1.54) is 6.07 Å². The number of hydrogen-bond acceptors (Lipinski definition) is 3. The zero-order valence-corrected chi connectivity index (χ0v) is 11.5. The summed E-state index contributed by atoms with van der Waals surface area (Å²) in [6.45, 7) is 3.99. The van der Waals surface area contributed by atoms with Gasteiger partial charge in [0.1, 0.15) is 5.82 Å². The summed E-state index contributed by atoms with van der Waals surface area (Å²) >= 11 is 5.97. The summed E-state index contributed by atoms with van der Waals surface area (Å²) in [6.07, 6.45) is 2.87. The molecule has 2 rings (SSSR count). The van der Waals surface area contributed by atoms with Crippen LogP contribution in [0.15, 0.2) is 24.4 Å². The number of halogens is 2. The fraction of sp³-hybridized carbons (Fsp3) is 0.385. The molecule has 0 aliphatic heterocycles. The van der Waals surface area contributed by atoms with Crippen LogP contribution < -0.4 is 5.32 Å². The summed E-state index contributed by atoms with van der Waals surface area (Å²) in [7, 11) is 0. The second-order valence-electron chi connectivity index (χ2n) is 4.28. The predicted molar refractivity (Wildman–Crippen MR) is 72.5 cm³/mol. The fourth-order valence-electron chi connectivity index (χ4n) is 1.74.